The number of benzene rings is 1. The summed E-state index contributed by atoms with van der Waals surface area (Å²) in [4.78, 5) is 29.8. The maximum atomic E-state index is 12.4. The van der Waals surface area contributed by atoms with Crippen LogP contribution in [0.25, 0.3) is 0 Å². The average Bonchev–Trinajstić information content (AvgIpc) is 3.02. The van der Waals surface area contributed by atoms with Gasteiger partial charge in [0, 0.05) is 36.7 Å². The van der Waals surface area contributed by atoms with Crippen LogP contribution in [0.15, 0.2) is 48.8 Å². The van der Waals surface area contributed by atoms with E-state index in [2.05, 4.69) is 15.6 Å². The van der Waals surface area contributed by atoms with Crippen LogP contribution in [0.5, 0.6) is 0 Å². The molecule has 0 saturated carbocycles. The van der Waals surface area contributed by atoms with Crippen molar-refractivity contribution in [1.29, 1.82) is 0 Å². The fourth-order valence-electron chi connectivity index (χ4n) is 2.53. The maximum Gasteiger partial charge on any atom is 0.321 e. The van der Waals surface area contributed by atoms with Gasteiger partial charge in [-0.3, -0.25) is 14.7 Å². The molecule has 118 valence electrons. The van der Waals surface area contributed by atoms with Crippen LogP contribution in [0.4, 0.5) is 10.5 Å². The Morgan fingerprint density at radius 2 is 2.22 bits per heavy atom. The third kappa shape index (κ3) is 3.31. The summed E-state index contributed by atoms with van der Waals surface area (Å²) in [6.07, 6.45) is 3.43. The van der Waals surface area contributed by atoms with E-state index in [-0.39, 0.29) is 18.0 Å². The molecular formula is C17H18N4O2. The molecule has 1 unspecified atom stereocenters. The SMILES string of the molecule is CC(NC(=O)c1cccc(N2CCNC2=O)c1)c1cccnc1. The Hall–Kier alpha value is -2.89. The van der Waals surface area contributed by atoms with Gasteiger partial charge in [0.15, 0.2) is 0 Å². The Bertz CT molecular complexity index is 718. The summed E-state index contributed by atoms with van der Waals surface area (Å²) in [6.45, 7) is 3.13. The van der Waals surface area contributed by atoms with Crippen LogP contribution in [-0.4, -0.2) is 30.0 Å². The first kappa shape index (κ1) is 15.0. The van der Waals surface area contributed by atoms with Crippen molar-refractivity contribution in [3.63, 3.8) is 0 Å². The quantitative estimate of drug-likeness (QED) is 0.908. The van der Waals surface area contributed by atoms with Gasteiger partial charge in [0.25, 0.3) is 5.91 Å². The van der Waals surface area contributed by atoms with Crippen molar-refractivity contribution in [2.24, 2.45) is 0 Å². The first-order valence-electron chi connectivity index (χ1n) is 7.51. The molecule has 1 aromatic carbocycles. The number of hydrogen-bond acceptors (Lipinski definition) is 3. The number of carbonyl (C=O) groups excluding carboxylic acids is 2. The zero-order valence-electron chi connectivity index (χ0n) is 12.8. The molecule has 2 heterocycles. The molecular weight excluding hydrogens is 292 g/mol. The third-order valence-corrected chi connectivity index (χ3v) is 3.81. The molecule has 6 nitrogen and oxygen atoms in total. The number of anilines is 1. The first-order chi connectivity index (χ1) is 11.1. The van der Waals surface area contributed by atoms with Gasteiger partial charge in [0.1, 0.15) is 0 Å². The molecule has 3 rings (SSSR count). The third-order valence-electron chi connectivity index (χ3n) is 3.81. The van der Waals surface area contributed by atoms with Gasteiger partial charge in [0.05, 0.1) is 6.04 Å². The minimum Gasteiger partial charge on any atom is -0.345 e. The van der Waals surface area contributed by atoms with Crippen molar-refractivity contribution in [1.82, 2.24) is 15.6 Å². The predicted octanol–water partition coefficient (Wildman–Crippen LogP) is 2.10. The molecule has 1 atom stereocenters. The Kier molecular flexibility index (Phi) is 4.23. The van der Waals surface area contributed by atoms with Crippen molar-refractivity contribution in [3.8, 4) is 0 Å². The number of rotatable bonds is 4. The zero-order chi connectivity index (χ0) is 16.2. The van der Waals surface area contributed by atoms with Crippen LogP contribution in [0.2, 0.25) is 0 Å². The van der Waals surface area contributed by atoms with Gasteiger partial charge in [-0.05, 0) is 36.8 Å². The summed E-state index contributed by atoms with van der Waals surface area (Å²) in [5.74, 6) is -0.178. The largest absolute Gasteiger partial charge is 0.345 e. The van der Waals surface area contributed by atoms with Crippen LogP contribution >= 0.6 is 0 Å². The van der Waals surface area contributed by atoms with E-state index >= 15 is 0 Å². The number of nitrogens with zero attached hydrogens (tertiary/aromatic N) is 2. The lowest BCUT2D eigenvalue weighted by Gasteiger charge is -2.17. The molecule has 1 aliphatic heterocycles. The number of pyridine rings is 1. The predicted molar refractivity (Wildman–Crippen MR) is 87.3 cm³/mol. The summed E-state index contributed by atoms with van der Waals surface area (Å²) >= 11 is 0. The number of urea groups is 1. The molecule has 2 N–H and O–H groups in total. The minimum atomic E-state index is -0.178. The second kappa shape index (κ2) is 6.48. The highest BCUT2D eigenvalue weighted by Gasteiger charge is 2.22. The molecule has 6 heteroatoms. The van der Waals surface area contributed by atoms with Crippen LogP contribution < -0.4 is 15.5 Å². The number of carbonyl (C=O) groups is 2. The summed E-state index contributed by atoms with van der Waals surface area (Å²) in [7, 11) is 0. The molecule has 3 amide bonds. The zero-order valence-corrected chi connectivity index (χ0v) is 12.8. The van der Waals surface area contributed by atoms with Crippen molar-refractivity contribution in [2.75, 3.05) is 18.0 Å². The second-order valence-electron chi connectivity index (χ2n) is 5.42. The Morgan fingerprint density at radius 3 is 2.91 bits per heavy atom. The van der Waals surface area contributed by atoms with E-state index in [1.165, 1.54) is 0 Å². The van der Waals surface area contributed by atoms with Crippen LogP contribution in [0, 0.1) is 0 Å². The minimum absolute atomic E-state index is 0.133. The summed E-state index contributed by atoms with van der Waals surface area (Å²) in [5.41, 5.74) is 2.19. The maximum absolute atomic E-state index is 12.4. The van der Waals surface area contributed by atoms with E-state index in [0.29, 0.717) is 18.7 Å². The topological polar surface area (TPSA) is 74.3 Å². The van der Waals surface area contributed by atoms with Crippen molar-refractivity contribution < 1.29 is 9.59 Å². The van der Waals surface area contributed by atoms with Gasteiger partial charge < -0.3 is 10.6 Å². The Balaban J connectivity index is 1.74. The van der Waals surface area contributed by atoms with Gasteiger partial charge >= 0.3 is 6.03 Å². The lowest BCUT2D eigenvalue weighted by Crippen LogP contribution is -2.29. The fourth-order valence-corrected chi connectivity index (χ4v) is 2.53. The van der Waals surface area contributed by atoms with Gasteiger partial charge in [-0.1, -0.05) is 12.1 Å². The van der Waals surface area contributed by atoms with Gasteiger partial charge in [-0.25, -0.2) is 4.79 Å². The Morgan fingerprint density at radius 1 is 1.35 bits per heavy atom. The molecule has 0 radical (unpaired) electrons. The standard InChI is InChI=1S/C17H18N4O2/c1-12(14-5-3-7-18-11-14)20-16(22)13-4-2-6-15(10-13)21-9-8-19-17(21)23/h2-7,10-12H,8-9H2,1H3,(H,19,23)(H,20,22). The molecule has 1 aromatic heterocycles. The van der Waals surface area contributed by atoms with Gasteiger partial charge in [-0.15, -0.1) is 0 Å². The number of hydrogen-bond donors (Lipinski definition) is 2. The fraction of sp³-hybridized carbons (Fsp3) is 0.235. The highest BCUT2D eigenvalue weighted by atomic mass is 16.2. The van der Waals surface area contributed by atoms with Crippen LogP contribution in [0.1, 0.15) is 28.9 Å². The summed E-state index contributed by atoms with van der Waals surface area (Å²) in [5, 5.41) is 5.69. The van der Waals surface area contributed by atoms with Crippen molar-refractivity contribution >= 4 is 17.6 Å². The molecule has 0 bridgehead atoms. The van der Waals surface area contributed by atoms with E-state index < -0.39 is 0 Å². The second-order valence-corrected chi connectivity index (χ2v) is 5.42. The molecule has 0 spiro atoms. The molecule has 1 aliphatic rings. The molecule has 1 fully saturated rings. The van der Waals surface area contributed by atoms with E-state index in [4.69, 9.17) is 0 Å². The van der Waals surface area contributed by atoms with Crippen LogP contribution in [-0.2, 0) is 0 Å². The normalized spacial score (nSPS) is 15.2. The number of amides is 3. The Labute approximate surface area is 134 Å². The molecule has 2 aromatic rings. The van der Waals surface area contributed by atoms with E-state index in [1.807, 2.05) is 25.1 Å². The first-order valence-corrected chi connectivity index (χ1v) is 7.51. The lowest BCUT2D eigenvalue weighted by molar-refractivity contribution is 0.0940. The van der Waals surface area contributed by atoms with Gasteiger partial charge in [0.2, 0.25) is 0 Å². The molecule has 23 heavy (non-hydrogen) atoms. The highest BCUT2D eigenvalue weighted by molar-refractivity contribution is 5.98. The van der Waals surface area contributed by atoms with Crippen molar-refractivity contribution in [3.05, 3.63) is 59.9 Å². The lowest BCUT2D eigenvalue weighted by atomic mass is 10.1. The van der Waals surface area contributed by atoms with E-state index in [1.54, 1.807) is 35.5 Å². The average molecular weight is 310 g/mol. The van der Waals surface area contributed by atoms with E-state index in [9.17, 15) is 9.59 Å². The summed E-state index contributed by atoms with van der Waals surface area (Å²) in [6, 6.07) is 10.6. The van der Waals surface area contributed by atoms with Crippen LogP contribution in [0.3, 0.4) is 0 Å². The highest BCUT2D eigenvalue weighted by Crippen LogP contribution is 2.19. The van der Waals surface area contributed by atoms with Gasteiger partial charge in [-0.2, -0.15) is 0 Å². The number of nitrogens with one attached hydrogen (secondary N) is 2. The van der Waals surface area contributed by atoms with E-state index in [0.717, 1.165) is 11.3 Å². The summed E-state index contributed by atoms with van der Waals surface area (Å²) < 4.78 is 0. The molecule has 1 saturated heterocycles. The molecule has 0 aliphatic carbocycles. The van der Waals surface area contributed by atoms with Crippen molar-refractivity contribution in [2.45, 2.75) is 13.0 Å². The monoisotopic (exact) mass is 310 g/mol. The number of aromatic nitrogens is 1. The smallest absolute Gasteiger partial charge is 0.321 e.